The van der Waals surface area contributed by atoms with Gasteiger partial charge in [0.25, 0.3) is 10.0 Å². The van der Waals surface area contributed by atoms with E-state index in [9.17, 15) is 37.2 Å². The van der Waals surface area contributed by atoms with E-state index in [1.54, 1.807) is 84.0 Å². The number of aryl methyl sites for hydroxylation is 2. The van der Waals surface area contributed by atoms with E-state index in [0.717, 1.165) is 34.2 Å². The van der Waals surface area contributed by atoms with Crippen molar-refractivity contribution in [1.82, 2.24) is 26.0 Å². The van der Waals surface area contributed by atoms with E-state index in [0.29, 0.717) is 46.4 Å². The molecule has 2 aliphatic rings. The van der Waals surface area contributed by atoms with Gasteiger partial charge in [-0.15, -0.1) is 0 Å². The Labute approximate surface area is 486 Å². The highest BCUT2D eigenvalue weighted by molar-refractivity contribution is 7.90. The Morgan fingerprint density at radius 1 is 0.723 bits per heavy atom. The van der Waals surface area contributed by atoms with E-state index < -0.39 is 81.5 Å². The second kappa shape index (κ2) is 27.7. The number of nitrogens with two attached hydrogens (primary N) is 1. The maximum atomic E-state index is 15.0. The first-order valence-corrected chi connectivity index (χ1v) is 29.5. The second-order valence-corrected chi connectivity index (χ2v) is 23.9. The first kappa shape index (κ1) is 62.3. The molecule has 5 aromatic carbocycles. The van der Waals surface area contributed by atoms with Crippen molar-refractivity contribution >= 4 is 51.7 Å². The Morgan fingerprint density at radius 3 is 1.98 bits per heavy atom. The van der Waals surface area contributed by atoms with Crippen LogP contribution < -0.4 is 36.5 Å². The van der Waals surface area contributed by atoms with Crippen LogP contribution in [-0.2, 0) is 61.2 Å². The number of nitrogens with one attached hydrogen (secondary N) is 5. The third-order valence-corrected chi connectivity index (χ3v) is 16.5. The van der Waals surface area contributed by atoms with Gasteiger partial charge in [-0.2, -0.15) is 0 Å². The molecule has 0 spiro atoms. The van der Waals surface area contributed by atoms with Crippen LogP contribution in [0.1, 0.15) is 123 Å². The number of benzene rings is 5. The molecule has 3 atom stereocenters. The number of carbonyl (C=O) groups excluding carboxylic acids is 6. The largest absolute Gasteiger partial charge is 0.496 e. The normalized spacial score (nSPS) is 15.0. The van der Waals surface area contributed by atoms with Gasteiger partial charge in [0.1, 0.15) is 48.2 Å². The molecule has 83 heavy (non-hydrogen) atoms. The standard InChI is InChI=1S/C63H77N7O12S/c1-39-27-29-43(30-28-39)35-51(66-56(72)52(36-54(71)82-62(5,6)7)68-61(76)81-38-49-47-24-15-13-22-45(47)46-23-14-16-25-48(46)49)57(73)69-63(31-17-10-18-32-63)59(75)67-50(58(74)80-37-44-20-11-9-12-21-44)26-19-33-65-60(64)70-83(77,78)55-40(2)34-53(79-8)41(3)42(55)4/h9,11-16,20-25,27-30,34,49-52H,10,17-19,26,31-33,35-38H2,1-8H3,(H,66,72)(H,67,75)(H,68,76)(H,69,73)(H3,64,65,70)/t50-,51+,52?/m0/s1. The number of ether oxygens (including phenoxy) is 4. The van der Waals surface area contributed by atoms with Crippen LogP contribution in [0.2, 0.25) is 0 Å². The van der Waals surface area contributed by atoms with Gasteiger partial charge in [-0.1, -0.05) is 128 Å². The number of carbonyl (C=O) groups is 6. The summed E-state index contributed by atoms with van der Waals surface area (Å²) >= 11 is 0. The van der Waals surface area contributed by atoms with Gasteiger partial charge < -0.3 is 45.9 Å². The molecule has 20 heteroatoms. The summed E-state index contributed by atoms with van der Waals surface area (Å²) in [5, 5.41) is 11.2. The lowest BCUT2D eigenvalue weighted by Gasteiger charge is -2.38. The highest BCUT2D eigenvalue weighted by atomic mass is 32.2. The summed E-state index contributed by atoms with van der Waals surface area (Å²) in [5.41, 5.74) is 11.5. The first-order chi connectivity index (χ1) is 39.5. The predicted octanol–water partition coefficient (Wildman–Crippen LogP) is 7.72. The Kier molecular flexibility index (Phi) is 20.8. The zero-order chi connectivity index (χ0) is 60.1. The van der Waals surface area contributed by atoms with Crippen LogP contribution >= 0.6 is 0 Å². The highest BCUT2D eigenvalue weighted by Gasteiger charge is 2.44. The van der Waals surface area contributed by atoms with Crippen molar-refractivity contribution in [3.8, 4) is 16.9 Å². The van der Waals surface area contributed by atoms with Crippen LogP contribution in [0.25, 0.3) is 11.1 Å². The molecule has 1 fully saturated rings. The smallest absolute Gasteiger partial charge is 0.407 e. The molecule has 0 radical (unpaired) electrons. The van der Waals surface area contributed by atoms with Crippen LogP contribution in [0.3, 0.4) is 0 Å². The molecular formula is C63H77N7O12S. The Balaban J connectivity index is 1.09. The van der Waals surface area contributed by atoms with Crippen LogP contribution in [0.4, 0.5) is 4.79 Å². The SMILES string of the molecule is COc1cc(C)c(S(=O)(=O)NC(N)=NCCC[C@H](NC(=O)C2(NC(=O)[C@@H](Cc3ccc(C)cc3)NC(=O)C(CC(=O)OC(C)(C)C)NC(=O)OCC3c4ccccc4-c4ccccc43)CCCCC2)C(=O)OCc2ccccc2)c(C)c1C. The van der Waals surface area contributed by atoms with Crippen LogP contribution in [0.15, 0.2) is 119 Å². The van der Waals surface area contributed by atoms with Crippen LogP contribution in [-0.4, -0.2) is 99.7 Å². The number of methoxy groups -OCH3 is 1. The lowest BCUT2D eigenvalue weighted by molar-refractivity contribution is -0.156. The van der Waals surface area contributed by atoms with Gasteiger partial charge in [0, 0.05) is 18.9 Å². The van der Waals surface area contributed by atoms with Crippen molar-refractivity contribution in [2.75, 3.05) is 20.3 Å². The molecular weight excluding hydrogens is 1080 g/mol. The topological polar surface area (TPSA) is 272 Å². The minimum Gasteiger partial charge on any atom is -0.496 e. The lowest BCUT2D eigenvalue weighted by atomic mass is 9.80. The molecule has 0 aliphatic heterocycles. The minimum atomic E-state index is -4.18. The summed E-state index contributed by atoms with van der Waals surface area (Å²) in [4.78, 5) is 90.0. The zero-order valence-corrected chi connectivity index (χ0v) is 49.3. The molecule has 7 N–H and O–H groups in total. The van der Waals surface area contributed by atoms with E-state index in [2.05, 4.69) is 31.0 Å². The van der Waals surface area contributed by atoms with E-state index >= 15 is 0 Å². The quantitative estimate of drug-likeness (QED) is 0.0120. The predicted molar refractivity (Wildman–Crippen MR) is 315 cm³/mol. The Hall–Kier alpha value is -8.26. The number of hydrogen-bond acceptors (Lipinski definition) is 13. The highest BCUT2D eigenvalue weighted by Crippen LogP contribution is 2.44. The van der Waals surface area contributed by atoms with E-state index in [1.165, 1.54) is 7.11 Å². The van der Waals surface area contributed by atoms with Gasteiger partial charge in [-0.3, -0.25) is 24.2 Å². The summed E-state index contributed by atoms with van der Waals surface area (Å²) in [5.74, 6) is -3.99. The molecule has 0 saturated heterocycles. The summed E-state index contributed by atoms with van der Waals surface area (Å²) in [6.45, 7) is 11.7. The van der Waals surface area contributed by atoms with Crippen molar-refractivity contribution in [2.24, 2.45) is 10.7 Å². The Morgan fingerprint density at radius 2 is 1.35 bits per heavy atom. The maximum Gasteiger partial charge on any atom is 0.407 e. The van der Waals surface area contributed by atoms with E-state index in [1.807, 2.05) is 73.7 Å². The first-order valence-electron chi connectivity index (χ1n) is 28.0. The maximum absolute atomic E-state index is 15.0. The second-order valence-electron chi connectivity index (χ2n) is 22.3. The minimum absolute atomic E-state index is 0.0232. The molecule has 1 saturated carbocycles. The average Bonchev–Trinajstić information content (AvgIpc) is 2.97. The zero-order valence-electron chi connectivity index (χ0n) is 48.5. The molecule has 19 nitrogen and oxygen atoms in total. The number of sulfonamides is 1. The lowest BCUT2D eigenvalue weighted by Crippen LogP contribution is -2.65. The number of fused-ring (bicyclic) bond motifs is 3. The Bertz CT molecular complexity index is 3260. The third kappa shape index (κ3) is 16.5. The molecule has 4 amide bonds. The fourth-order valence-electron chi connectivity index (χ4n) is 10.6. The number of esters is 2. The van der Waals surface area contributed by atoms with Gasteiger partial charge in [0.05, 0.1) is 18.4 Å². The number of guanidine groups is 1. The molecule has 0 bridgehead atoms. The van der Waals surface area contributed by atoms with Gasteiger partial charge in [-0.25, -0.2) is 22.7 Å². The van der Waals surface area contributed by atoms with E-state index in [-0.39, 0.29) is 68.6 Å². The summed E-state index contributed by atoms with van der Waals surface area (Å²) in [6, 6.07) is 29.4. The number of hydrogen-bond donors (Lipinski definition) is 6. The number of rotatable bonds is 23. The summed E-state index contributed by atoms with van der Waals surface area (Å²) in [7, 11) is -2.67. The monoisotopic (exact) mass is 1160 g/mol. The van der Waals surface area contributed by atoms with Crippen molar-refractivity contribution in [3.63, 3.8) is 0 Å². The number of nitrogens with zero attached hydrogens (tertiary/aromatic N) is 1. The fourth-order valence-corrected chi connectivity index (χ4v) is 12.1. The number of aliphatic imine (C=N–C) groups is 1. The van der Waals surface area contributed by atoms with Crippen LogP contribution in [0, 0.1) is 27.7 Å². The molecule has 5 aromatic rings. The number of amides is 4. The van der Waals surface area contributed by atoms with Crippen LogP contribution in [0.5, 0.6) is 5.75 Å². The molecule has 0 aromatic heterocycles. The molecule has 7 rings (SSSR count). The molecule has 1 unspecified atom stereocenters. The number of alkyl carbamates (subject to hydrolysis) is 1. The van der Waals surface area contributed by atoms with Crippen molar-refractivity contribution in [1.29, 1.82) is 0 Å². The molecule has 442 valence electrons. The average molecular weight is 1160 g/mol. The van der Waals surface area contributed by atoms with Gasteiger partial charge in [-0.05, 0) is 130 Å². The third-order valence-electron chi connectivity index (χ3n) is 14.9. The van der Waals surface area contributed by atoms with E-state index in [4.69, 9.17) is 24.7 Å². The van der Waals surface area contributed by atoms with Crippen molar-refractivity contribution in [3.05, 3.63) is 154 Å². The van der Waals surface area contributed by atoms with Gasteiger partial charge >= 0.3 is 18.0 Å². The van der Waals surface area contributed by atoms with Gasteiger partial charge in [0.15, 0.2) is 0 Å². The fraction of sp³-hybridized carbons (Fsp3) is 0.413. The van der Waals surface area contributed by atoms with Crippen molar-refractivity contribution < 1.29 is 56.1 Å². The summed E-state index contributed by atoms with van der Waals surface area (Å²) < 4.78 is 52.1. The van der Waals surface area contributed by atoms with Crippen molar-refractivity contribution in [2.45, 2.75) is 153 Å². The molecule has 2 aliphatic carbocycles. The molecule has 0 heterocycles. The summed E-state index contributed by atoms with van der Waals surface area (Å²) in [6.07, 6.45) is 0.639. The van der Waals surface area contributed by atoms with Gasteiger partial charge in [0.2, 0.25) is 23.7 Å².